The molecule has 0 unspecified atom stereocenters. The van der Waals surface area contributed by atoms with Crippen molar-refractivity contribution in [2.45, 2.75) is 12.8 Å². The first-order chi connectivity index (χ1) is 16.3. The van der Waals surface area contributed by atoms with E-state index in [9.17, 15) is 0 Å². The number of nitrogens with zero attached hydrogens (tertiary/aromatic N) is 4. The highest BCUT2D eigenvalue weighted by molar-refractivity contribution is 7.78. The van der Waals surface area contributed by atoms with Crippen molar-refractivity contribution < 1.29 is 0 Å². The maximum Gasteiger partial charge on any atom is 0.0950 e. The van der Waals surface area contributed by atoms with Gasteiger partial charge in [0.1, 0.15) is 0 Å². The molecule has 5 heteroatoms. The molecule has 0 atom stereocenters. The third-order valence-electron chi connectivity index (χ3n) is 5.87. The molecule has 0 aromatic heterocycles. The number of benzene rings is 4. The van der Waals surface area contributed by atoms with Gasteiger partial charge < -0.3 is 0 Å². The van der Waals surface area contributed by atoms with Crippen molar-refractivity contribution >= 4 is 34.9 Å². The molecule has 1 fully saturated rings. The van der Waals surface area contributed by atoms with E-state index in [1.54, 1.807) is 0 Å². The van der Waals surface area contributed by atoms with Crippen LogP contribution in [0.5, 0.6) is 0 Å². The molecular formula is C28H27N4P. The molecule has 1 saturated heterocycles. The lowest BCUT2D eigenvalue weighted by atomic mass is 10.3. The van der Waals surface area contributed by atoms with Crippen LogP contribution >= 0.6 is 7.21 Å². The van der Waals surface area contributed by atoms with E-state index in [1.165, 1.54) is 23.5 Å². The van der Waals surface area contributed by atoms with Gasteiger partial charge in [-0.05, 0) is 49.2 Å². The van der Waals surface area contributed by atoms with Crippen LogP contribution in [0.15, 0.2) is 130 Å². The molecule has 0 amide bonds. The van der Waals surface area contributed by atoms with Gasteiger partial charge in [0.05, 0.1) is 24.3 Å². The number of azo groups is 1. The minimum atomic E-state index is -2.14. The van der Waals surface area contributed by atoms with Gasteiger partial charge in [-0.15, -0.1) is 0 Å². The molecule has 0 N–H and O–H groups in total. The maximum atomic E-state index is 5.54. The van der Waals surface area contributed by atoms with Crippen LogP contribution < -0.4 is 10.6 Å². The van der Waals surface area contributed by atoms with Crippen molar-refractivity contribution in [1.29, 1.82) is 0 Å². The van der Waals surface area contributed by atoms with Gasteiger partial charge in [0.2, 0.25) is 0 Å². The smallest absolute Gasteiger partial charge is 0.0950 e. The average molecular weight is 451 g/mol. The highest BCUT2D eigenvalue weighted by Crippen LogP contribution is 2.54. The number of hydrogen-bond acceptors (Lipinski definition) is 3. The molecule has 5 rings (SSSR count). The summed E-state index contributed by atoms with van der Waals surface area (Å²) in [6.07, 6.45) is 2.44. The summed E-state index contributed by atoms with van der Waals surface area (Å²) in [4.78, 5) is 0. The van der Waals surface area contributed by atoms with Crippen LogP contribution in [0.2, 0.25) is 0 Å². The summed E-state index contributed by atoms with van der Waals surface area (Å²) >= 11 is 0. The summed E-state index contributed by atoms with van der Waals surface area (Å²) in [5.74, 6) is 0. The molecule has 0 bridgehead atoms. The van der Waals surface area contributed by atoms with Crippen LogP contribution in [0.1, 0.15) is 12.8 Å². The van der Waals surface area contributed by atoms with Gasteiger partial charge in [-0.2, -0.15) is 10.2 Å². The molecule has 1 aliphatic rings. The highest BCUT2D eigenvalue weighted by Gasteiger charge is 2.33. The summed E-state index contributed by atoms with van der Waals surface area (Å²) in [5, 5.41) is 11.3. The van der Waals surface area contributed by atoms with Gasteiger partial charge in [-0.1, -0.05) is 78.9 Å². The zero-order chi connectivity index (χ0) is 22.3. The van der Waals surface area contributed by atoms with E-state index in [0.29, 0.717) is 0 Å². The molecule has 1 heterocycles. The molecule has 4 nitrogen and oxygen atoms in total. The Morgan fingerprint density at radius 2 is 0.909 bits per heavy atom. The Kier molecular flexibility index (Phi) is 6.57. The Hall–Kier alpha value is -3.33. The summed E-state index contributed by atoms with van der Waals surface area (Å²) < 4.78 is 8.16. The number of hydrogen-bond donors (Lipinski definition) is 0. The fourth-order valence-corrected chi connectivity index (χ4v) is 8.09. The molecule has 0 saturated carbocycles. The van der Waals surface area contributed by atoms with E-state index in [4.69, 9.17) is 4.74 Å². The van der Waals surface area contributed by atoms with E-state index in [0.717, 1.165) is 30.2 Å². The summed E-state index contributed by atoms with van der Waals surface area (Å²) in [5.41, 5.74) is 2.64. The second-order valence-corrected chi connectivity index (χ2v) is 11.1. The molecule has 4 aromatic carbocycles. The summed E-state index contributed by atoms with van der Waals surface area (Å²) in [7, 11) is -2.14. The lowest BCUT2D eigenvalue weighted by molar-refractivity contribution is 0.568. The monoisotopic (exact) mass is 450 g/mol. The van der Waals surface area contributed by atoms with E-state index < -0.39 is 7.21 Å². The van der Waals surface area contributed by atoms with Crippen molar-refractivity contribution in [3.63, 3.8) is 0 Å². The highest BCUT2D eigenvalue weighted by atomic mass is 31.2. The lowest BCUT2D eigenvalue weighted by Gasteiger charge is -2.34. The fraction of sp³-hybridized carbons (Fsp3) is 0.143. The first-order valence-electron chi connectivity index (χ1n) is 11.4. The topological polar surface area (TPSA) is 40.3 Å². The average Bonchev–Trinajstić information content (AvgIpc) is 3.44. The molecule has 33 heavy (non-hydrogen) atoms. The van der Waals surface area contributed by atoms with Gasteiger partial charge in [0.25, 0.3) is 0 Å². The second kappa shape index (κ2) is 10.1. The van der Waals surface area contributed by atoms with Crippen LogP contribution in [-0.2, 0) is 0 Å². The van der Waals surface area contributed by atoms with Crippen molar-refractivity contribution in [1.82, 2.24) is 4.67 Å². The Morgan fingerprint density at radius 1 is 0.485 bits per heavy atom. The van der Waals surface area contributed by atoms with E-state index in [-0.39, 0.29) is 0 Å². The van der Waals surface area contributed by atoms with Gasteiger partial charge >= 0.3 is 0 Å². The van der Waals surface area contributed by atoms with Gasteiger partial charge in [0.15, 0.2) is 0 Å². The van der Waals surface area contributed by atoms with Crippen LogP contribution in [0, 0.1) is 0 Å². The number of rotatable bonds is 6. The van der Waals surface area contributed by atoms with Crippen molar-refractivity contribution in [3.8, 4) is 0 Å². The van der Waals surface area contributed by atoms with Gasteiger partial charge in [0, 0.05) is 23.7 Å². The predicted octanol–water partition coefficient (Wildman–Crippen LogP) is 7.60. The Bertz CT molecular complexity index is 1200. The normalized spacial score (nSPS) is 14.5. The van der Waals surface area contributed by atoms with E-state index >= 15 is 0 Å². The molecule has 164 valence electrons. The van der Waals surface area contributed by atoms with Crippen molar-refractivity contribution in [2.24, 2.45) is 15.0 Å². The summed E-state index contributed by atoms with van der Waals surface area (Å²) in [6, 6.07) is 39.6. The van der Waals surface area contributed by atoms with Crippen LogP contribution in [0.3, 0.4) is 0 Å². The standard InChI is InChI=1S/C28H27N4P/c1-4-12-24(13-5-1)29-30-25-18-20-26(21-19-25)31-33(32-22-10-11-23-32,27-14-6-2-7-15-27)28-16-8-3-9-17-28/h1-9,12-21H,10-11,22-23H2. The molecule has 1 aliphatic heterocycles. The fourth-order valence-electron chi connectivity index (χ4n) is 4.28. The van der Waals surface area contributed by atoms with Crippen LogP contribution in [0.25, 0.3) is 0 Å². The lowest BCUT2D eigenvalue weighted by Crippen LogP contribution is -2.30. The van der Waals surface area contributed by atoms with Gasteiger partial charge in [-0.3, -0.25) is 4.67 Å². The first kappa shape index (κ1) is 21.5. The van der Waals surface area contributed by atoms with Crippen molar-refractivity contribution in [3.05, 3.63) is 115 Å². The molecule has 0 radical (unpaired) electrons. The second-order valence-electron chi connectivity index (χ2n) is 8.09. The third-order valence-corrected chi connectivity index (χ3v) is 9.65. The predicted molar refractivity (Wildman–Crippen MR) is 139 cm³/mol. The minimum Gasteiger partial charge on any atom is -0.262 e. The third kappa shape index (κ3) is 4.73. The van der Waals surface area contributed by atoms with Gasteiger partial charge in [-0.25, -0.2) is 4.74 Å². The molecule has 4 aromatic rings. The largest absolute Gasteiger partial charge is 0.262 e. The zero-order valence-corrected chi connectivity index (χ0v) is 19.4. The summed E-state index contributed by atoms with van der Waals surface area (Å²) in [6.45, 7) is 2.15. The van der Waals surface area contributed by atoms with Crippen LogP contribution in [-0.4, -0.2) is 17.8 Å². The van der Waals surface area contributed by atoms with Crippen molar-refractivity contribution in [2.75, 3.05) is 13.1 Å². The molecule has 0 aliphatic carbocycles. The minimum absolute atomic E-state index is 0.822. The quantitative estimate of drug-likeness (QED) is 0.220. The van der Waals surface area contributed by atoms with Crippen LogP contribution in [0.4, 0.5) is 17.1 Å². The molecular weight excluding hydrogens is 423 g/mol. The maximum absolute atomic E-state index is 5.54. The Balaban J connectivity index is 1.59. The Labute approximate surface area is 195 Å². The molecule has 0 spiro atoms. The Morgan fingerprint density at radius 3 is 1.42 bits per heavy atom. The zero-order valence-electron chi connectivity index (χ0n) is 18.5. The SMILES string of the molecule is c1ccc(N=Nc2ccc(N=P(c3ccccc3)(c3ccccc3)N3CCCC3)cc2)cc1. The van der Waals surface area contributed by atoms with E-state index in [2.05, 4.69) is 87.7 Å². The van der Waals surface area contributed by atoms with E-state index in [1.807, 2.05) is 42.5 Å². The first-order valence-corrected chi connectivity index (χ1v) is 13.1.